The second-order valence-corrected chi connectivity index (χ2v) is 10.2. The number of halogens is 3. The van der Waals surface area contributed by atoms with E-state index in [1.165, 1.54) is 37.7 Å². The molecular formula is C23H30F2IN5. The average Bonchev–Trinajstić information content (AvgIpc) is 2.74. The van der Waals surface area contributed by atoms with Gasteiger partial charge in [-0.3, -0.25) is 4.90 Å². The van der Waals surface area contributed by atoms with Crippen LogP contribution in [0.4, 0.5) is 20.5 Å². The van der Waals surface area contributed by atoms with Crippen LogP contribution in [0.25, 0.3) is 0 Å². The van der Waals surface area contributed by atoms with Crippen molar-refractivity contribution in [2.24, 2.45) is 11.8 Å². The van der Waals surface area contributed by atoms with Gasteiger partial charge in [0.25, 0.3) is 0 Å². The maximum absolute atomic E-state index is 13.9. The van der Waals surface area contributed by atoms with E-state index in [2.05, 4.69) is 61.5 Å². The van der Waals surface area contributed by atoms with Crippen molar-refractivity contribution < 1.29 is 8.78 Å². The Bertz CT molecular complexity index is 873. The molecule has 1 aromatic heterocycles. The van der Waals surface area contributed by atoms with Gasteiger partial charge >= 0.3 is 0 Å². The summed E-state index contributed by atoms with van der Waals surface area (Å²) in [4.78, 5) is 14.1. The number of benzene rings is 1. The van der Waals surface area contributed by atoms with E-state index in [1.807, 2.05) is 0 Å². The molecule has 2 fully saturated rings. The molecule has 3 heterocycles. The van der Waals surface area contributed by atoms with Crippen molar-refractivity contribution in [2.75, 3.05) is 36.4 Å². The molecule has 0 saturated carbocycles. The van der Waals surface area contributed by atoms with Gasteiger partial charge in [-0.25, -0.2) is 13.8 Å². The Morgan fingerprint density at radius 2 is 1.74 bits per heavy atom. The number of nitrogens with zero attached hydrogens (tertiary/aromatic N) is 4. The Hall–Kier alpha value is -1.55. The molecule has 2 saturated heterocycles. The fourth-order valence-corrected chi connectivity index (χ4v) is 5.40. The fraction of sp³-hybridized carbons (Fsp3) is 0.565. The van der Waals surface area contributed by atoms with Gasteiger partial charge in [-0.05, 0) is 65.8 Å². The molecule has 4 rings (SSSR count). The van der Waals surface area contributed by atoms with E-state index >= 15 is 0 Å². The van der Waals surface area contributed by atoms with Crippen molar-refractivity contribution >= 4 is 34.4 Å². The summed E-state index contributed by atoms with van der Waals surface area (Å²) in [5.41, 5.74) is 0.0178. The van der Waals surface area contributed by atoms with Crippen molar-refractivity contribution in [3.05, 3.63) is 45.2 Å². The Morgan fingerprint density at radius 1 is 1.10 bits per heavy atom. The summed E-state index contributed by atoms with van der Waals surface area (Å²) in [6, 6.07) is 4.54. The smallest absolute Gasteiger partial charge is 0.227 e. The lowest BCUT2D eigenvalue weighted by Crippen LogP contribution is -2.50. The van der Waals surface area contributed by atoms with Crippen molar-refractivity contribution in [1.29, 1.82) is 0 Å². The van der Waals surface area contributed by atoms with Gasteiger partial charge in [-0.2, -0.15) is 4.98 Å². The van der Waals surface area contributed by atoms with Gasteiger partial charge in [0.1, 0.15) is 17.5 Å². The maximum atomic E-state index is 13.9. The Balaban J connectivity index is 1.38. The quantitative estimate of drug-likeness (QED) is 0.545. The minimum Gasteiger partial charge on any atom is -0.365 e. The molecule has 8 heteroatoms. The summed E-state index contributed by atoms with van der Waals surface area (Å²) in [7, 11) is 0. The molecule has 0 bridgehead atoms. The highest BCUT2D eigenvalue weighted by molar-refractivity contribution is 14.1. The molecule has 1 N–H and O–H groups in total. The first-order chi connectivity index (χ1) is 14.9. The van der Waals surface area contributed by atoms with Crippen LogP contribution in [0, 0.1) is 27.0 Å². The summed E-state index contributed by atoms with van der Waals surface area (Å²) >= 11 is 2.14. The van der Waals surface area contributed by atoms with Crippen molar-refractivity contribution in [2.45, 2.75) is 45.7 Å². The lowest BCUT2D eigenvalue weighted by atomic mass is 9.89. The number of likely N-dealkylation sites (tertiary alicyclic amines) is 1. The minimum atomic E-state index is -0.555. The first-order valence-electron chi connectivity index (χ1n) is 11.1. The molecule has 2 aliphatic heterocycles. The van der Waals surface area contributed by atoms with E-state index in [9.17, 15) is 8.78 Å². The number of nitrogens with one attached hydrogen (secondary N) is 1. The van der Waals surface area contributed by atoms with Crippen LogP contribution in [-0.4, -0.2) is 47.1 Å². The number of hydrogen-bond donors (Lipinski definition) is 1. The number of aromatic nitrogens is 2. The third kappa shape index (κ3) is 5.45. The van der Waals surface area contributed by atoms with Crippen LogP contribution in [0.5, 0.6) is 0 Å². The number of hydrogen-bond acceptors (Lipinski definition) is 5. The highest BCUT2D eigenvalue weighted by Crippen LogP contribution is 2.28. The van der Waals surface area contributed by atoms with Gasteiger partial charge < -0.3 is 10.2 Å². The molecule has 31 heavy (non-hydrogen) atoms. The van der Waals surface area contributed by atoms with E-state index in [4.69, 9.17) is 0 Å². The molecule has 0 aliphatic carbocycles. The zero-order chi connectivity index (χ0) is 22.0. The van der Waals surface area contributed by atoms with Gasteiger partial charge in [-0.15, -0.1) is 0 Å². The first kappa shape index (κ1) is 22.6. The van der Waals surface area contributed by atoms with Gasteiger partial charge in [-0.1, -0.05) is 19.9 Å². The zero-order valence-corrected chi connectivity index (χ0v) is 20.3. The molecule has 2 aliphatic rings. The fourth-order valence-electron chi connectivity index (χ4n) is 4.95. The van der Waals surface area contributed by atoms with Crippen molar-refractivity contribution in [1.82, 2.24) is 14.9 Å². The van der Waals surface area contributed by atoms with Crippen molar-refractivity contribution in [3.63, 3.8) is 0 Å². The first-order valence-corrected chi connectivity index (χ1v) is 12.2. The third-order valence-electron chi connectivity index (χ3n) is 6.39. The summed E-state index contributed by atoms with van der Waals surface area (Å²) in [6.07, 6.45) is 5.32. The predicted octanol–water partition coefficient (Wildman–Crippen LogP) is 4.92. The highest BCUT2D eigenvalue weighted by Gasteiger charge is 2.30. The Morgan fingerprint density at radius 3 is 2.39 bits per heavy atom. The van der Waals surface area contributed by atoms with Crippen LogP contribution in [-0.2, 0) is 6.54 Å². The average molecular weight is 541 g/mol. The predicted molar refractivity (Wildman–Crippen MR) is 128 cm³/mol. The highest BCUT2D eigenvalue weighted by atomic mass is 127. The van der Waals surface area contributed by atoms with Crippen molar-refractivity contribution in [3.8, 4) is 0 Å². The standard InChI is InChI=1S/C23H30F2IN5/c1-15-10-16(2)14-31(13-15)17-6-8-30(9-7-17)23-28-12-21(26)22(29-23)27-11-18-19(24)4-3-5-20(18)25/h3-5,12,15-17H,6-11,13-14H2,1-2H3,(H,27,28,29)/t15-,16+. The molecule has 2 aromatic rings. The van der Waals surface area contributed by atoms with E-state index in [0.717, 1.165) is 41.3 Å². The molecule has 1 aromatic carbocycles. The molecule has 0 unspecified atom stereocenters. The van der Waals surface area contributed by atoms with Gasteiger partial charge in [0.2, 0.25) is 5.95 Å². The van der Waals surface area contributed by atoms with Crippen LogP contribution in [0.2, 0.25) is 0 Å². The number of rotatable bonds is 5. The second kappa shape index (κ2) is 9.94. The molecule has 168 valence electrons. The van der Waals surface area contributed by atoms with Crippen LogP contribution < -0.4 is 10.2 Å². The van der Waals surface area contributed by atoms with Gasteiger partial charge in [0.15, 0.2) is 0 Å². The molecule has 5 nitrogen and oxygen atoms in total. The molecular weight excluding hydrogens is 511 g/mol. The van der Waals surface area contributed by atoms with Crippen LogP contribution in [0.15, 0.2) is 24.4 Å². The summed E-state index contributed by atoms with van der Waals surface area (Å²) in [5.74, 6) is 1.72. The summed E-state index contributed by atoms with van der Waals surface area (Å²) in [5, 5.41) is 3.09. The zero-order valence-electron chi connectivity index (χ0n) is 18.1. The normalized spacial score (nSPS) is 23.2. The number of anilines is 2. The Kier molecular flexibility index (Phi) is 7.26. The van der Waals surface area contributed by atoms with Crippen LogP contribution >= 0.6 is 22.6 Å². The minimum absolute atomic E-state index is 0.0178. The van der Waals surface area contributed by atoms with Crippen LogP contribution in [0.3, 0.4) is 0 Å². The molecule has 0 amide bonds. The third-order valence-corrected chi connectivity index (χ3v) is 7.18. The summed E-state index contributed by atoms with van der Waals surface area (Å²) < 4.78 is 28.7. The number of piperidine rings is 2. The molecule has 0 spiro atoms. The topological polar surface area (TPSA) is 44.3 Å². The van der Waals surface area contributed by atoms with E-state index < -0.39 is 11.6 Å². The van der Waals surface area contributed by atoms with E-state index in [1.54, 1.807) is 6.20 Å². The van der Waals surface area contributed by atoms with E-state index in [-0.39, 0.29) is 12.1 Å². The lowest BCUT2D eigenvalue weighted by molar-refractivity contribution is 0.0824. The Labute approximate surface area is 196 Å². The molecule has 0 radical (unpaired) electrons. The summed E-state index contributed by atoms with van der Waals surface area (Å²) in [6.45, 7) is 9.01. The van der Waals surface area contributed by atoms with E-state index in [0.29, 0.717) is 17.8 Å². The van der Waals surface area contributed by atoms with Gasteiger partial charge in [0.05, 0.1) is 3.57 Å². The monoisotopic (exact) mass is 541 g/mol. The largest absolute Gasteiger partial charge is 0.365 e. The van der Waals surface area contributed by atoms with Gasteiger partial charge in [0, 0.05) is 50.5 Å². The molecule has 2 atom stereocenters. The second-order valence-electron chi connectivity index (χ2n) is 9.04. The lowest BCUT2D eigenvalue weighted by Gasteiger charge is -2.43. The van der Waals surface area contributed by atoms with Crippen LogP contribution in [0.1, 0.15) is 38.7 Å². The SMILES string of the molecule is C[C@@H]1C[C@H](C)CN(C2CCN(c3ncc(I)c(NCc4c(F)cccc4F)n3)CC2)C1. The maximum Gasteiger partial charge on any atom is 0.227 e.